The number of halogens is 1. The molecule has 1 aromatic carbocycles. The molecule has 7 nitrogen and oxygen atoms in total. The van der Waals surface area contributed by atoms with Gasteiger partial charge in [-0.25, -0.2) is 0 Å². The number of primary amides is 1. The third-order valence-corrected chi connectivity index (χ3v) is 8.91. The maximum atomic E-state index is 14.1. The first-order valence-electron chi connectivity index (χ1n) is 13.7. The Balaban J connectivity index is 1.60. The van der Waals surface area contributed by atoms with Crippen LogP contribution in [0.15, 0.2) is 24.3 Å². The Morgan fingerprint density at radius 1 is 0.973 bits per heavy atom. The minimum absolute atomic E-state index is 0.00878. The van der Waals surface area contributed by atoms with Gasteiger partial charge in [-0.05, 0) is 62.8 Å². The summed E-state index contributed by atoms with van der Waals surface area (Å²) in [6.07, 6.45) is 4.50. The van der Waals surface area contributed by atoms with Crippen molar-refractivity contribution < 1.29 is 14.4 Å². The maximum Gasteiger partial charge on any atom is 0.240 e. The summed E-state index contributed by atoms with van der Waals surface area (Å²) in [6, 6.07) is 6.91. The van der Waals surface area contributed by atoms with Crippen molar-refractivity contribution in [2.24, 2.45) is 23.0 Å². The molecule has 0 bridgehead atoms. The number of likely N-dealkylation sites (N-methyl/N-ethyl adjacent to an activating group) is 1. The molecule has 1 saturated carbocycles. The highest BCUT2D eigenvalue weighted by molar-refractivity contribution is 6.30. The van der Waals surface area contributed by atoms with Crippen LogP contribution in [0.3, 0.4) is 0 Å². The molecule has 2 heterocycles. The van der Waals surface area contributed by atoms with Gasteiger partial charge in [0, 0.05) is 42.0 Å². The first-order chi connectivity index (χ1) is 17.4. The van der Waals surface area contributed by atoms with E-state index in [1.54, 1.807) is 4.90 Å². The average molecular weight is 531 g/mol. The zero-order chi connectivity index (χ0) is 27.1. The van der Waals surface area contributed by atoms with Crippen molar-refractivity contribution in [3.63, 3.8) is 0 Å². The van der Waals surface area contributed by atoms with Crippen LogP contribution in [0.1, 0.15) is 71.3 Å². The van der Waals surface area contributed by atoms with Crippen LogP contribution in [0.5, 0.6) is 0 Å². The van der Waals surface area contributed by atoms with Gasteiger partial charge in [0.2, 0.25) is 17.7 Å². The van der Waals surface area contributed by atoms with E-state index in [1.165, 1.54) is 0 Å². The zero-order valence-corrected chi connectivity index (χ0v) is 23.7. The van der Waals surface area contributed by atoms with Gasteiger partial charge in [-0.1, -0.05) is 51.4 Å². The lowest BCUT2D eigenvalue weighted by atomic mass is 9.84. The first-order valence-corrected chi connectivity index (χ1v) is 14.1. The number of nitrogens with zero attached hydrogens (tertiary/aromatic N) is 3. The van der Waals surface area contributed by atoms with Crippen LogP contribution in [-0.4, -0.2) is 77.2 Å². The molecule has 204 valence electrons. The number of benzene rings is 1. The molecule has 0 unspecified atom stereocenters. The highest BCUT2D eigenvalue weighted by Gasteiger charge is 2.49. The Labute approximate surface area is 226 Å². The van der Waals surface area contributed by atoms with E-state index < -0.39 is 17.4 Å². The van der Waals surface area contributed by atoms with Crippen molar-refractivity contribution in [3.8, 4) is 0 Å². The van der Waals surface area contributed by atoms with E-state index in [4.69, 9.17) is 17.3 Å². The molecule has 4 atom stereocenters. The van der Waals surface area contributed by atoms with Crippen LogP contribution >= 0.6 is 11.6 Å². The number of amides is 3. The van der Waals surface area contributed by atoms with E-state index in [-0.39, 0.29) is 35.7 Å². The van der Waals surface area contributed by atoms with E-state index in [2.05, 4.69) is 11.8 Å². The zero-order valence-electron chi connectivity index (χ0n) is 23.0. The van der Waals surface area contributed by atoms with E-state index in [1.807, 2.05) is 57.0 Å². The fraction of sp³-hybridized carbons (Fsp3) is 0.690. The number of nitrogens with two attached hydrogens (primary N) is 1. The monoisotopic (exact) mass is 530 g/mol. The summed E-state index contributed by atoms with van der Waals surface area (Å²) in [6.45, 7) is 9.83. The molecule has 3 amide bonds. The predicted octanol–water partition coefficient (Wildman–Crippen LogP) is 3.89. The number of rotatable bonds is 5. The molecule has 4 rings (SSSR count). The number of likely N-dealkylation sites (tertiary alicyclic amines) is 2. The third-order valence-electron chi connectivity index (χ3n) is 8.66. The highest BCUT2D eigenvalue weighted by Crippen LogP contribution is 2.38. The Morgan fingerprint density at radius 2 is 1.59 bits per heavy atom. The van der Waals surface area contributed by atoms with Gasteiger partial charge in [-0.3, -0.25) is 14.4 Å². The molecular weight excluding hydrogens is 488 g/mol. The summed E-state index contributed by atoms with van der Waals surface area (Å²) < 4.78 is 0. The highest BCUT2D eigenvalue weighted by atomic mass is 35.5. The molecule has 2 saturated heterocycles. The summed E-state index contributed by atoms with van der Waals surface area (Å²) in [5, 5.41) is 0.662. The van der Waals surface area contributed by atoms with E-state index in [0.29, 0.717) is 30.5 Å². The average Bonchev–Trinajstić information content (AvgIpc) is 3.44. The van der Waals surface area contributed by atoms with Crippen LogP contribution in [0, 0.1) is 17.3 Å². The van der Waals surface area contributed by atoms with Crippen molar-refractivity contribution in [1.29, 1.82) is 0 Å². The van der Waals surface area contributed by atoms with Gasteiger partial charge in [0.05, 0.1) is 12.0 Å². The van der Waals surface area contributed by atoms with E-state index in [0.717, 1.165) is 37.8 Å². The molecule has 1 aromatic rings. The molecular formula is C29H43ClN4O3. The molecule has 3 fully saturated rings. The standard InChI is InChI=1S/C29H43ClN4O3/c1-18-6-12-21(13-7-18)34(28(37)29(2,3)4)22-14-25(26(31)35)33(15-22)27(36)24-17-32(5)16-23(24)19-8-10-20(30)11-9-19/h8-11,18,21-25H,6-7,12-17H2,1-5H3,(H2,31,35)/t18-,21+,22-,23-,24+,25-/m0/s1. The van der Waals surface area contributed by atoms with Gasteiger partial charge in [-0.15, -0.1) is 0 Å². The van der Waals surface area contributed by atoms with Gasteiger partial charge in [0.1, 0.15) is 6.04 Å². The molecule has 0 aromatic heterocycles. The van der Waals surface area contributed by atoms with Crippen molar-refractivity contribution in [1.82, 2.24) is 14.7 Å². The van der Waals surface area contributed by atoms with Crippen LogP contribution in [0.4, 0.5) is 0 Å². The number of hydrogen-bond donors (Lipinski definition) is 1. The summed E-state index contributed by atoms with van der Waals surface area (Å²) in [5.41, 5.74) is 6.40. The summed E-state index contributed by atoms with van der Waals surface area (Å²) >= 11 is 6.11. The molecule has 0 radical (unpaired) electrons. The minimum atomic E-state index is -0.702. The fourth-order valence-electron chi connectivity index (χ4n) is 6.58. The number of carbonyl (C=O) groups is 3. The third kappa shape index (κ3) is 5.98. The lowest BCUT2D eigenvalue weighted by Gasteiger charge is -2.42. The topological polar surface area (TPSA) is 87.0 Å². The van der Waals surface area contributed by atoms with Crippen molar-refractivity contribution >= 4 is 29.3 Å². The smallest absolute Gasteiger partial charge is 0.240 e. The second-order valence-corrected chi connectivity index (χ2v) is 13.1. The Hall–Kier alpha value is -2.12. The molecule has 8 heteroatoms. The lowest BCUT2D eigenvalue weighted by Crippen LogP contribution is -2.53. The fourth-order valence-corrected chi connectivity index (χ4v) is 6.70. The maximum absolute atomic E-state index is 14.1. The van der Waals surface area contributed by atoms with Crippen molar-refractivity contribution in [2.45, 2.75) is 83.8 Å². The second-order valence-electron chi connectivity index (χ2n) is 12.7. The van der Waals surface area contributed by atoms with Gasteiger partial charge in [0.25, 0.3) is 0 Å². The molecule has 0 spiro atoms. The quantitative estimate of drug-likeness (QED) is 0.625. The van der Waals surface area contributed by atoms with Gasteiger partial charge in [0.15, 0.2) is 0 Å². The summed E-state index contributed by atoms with van der Waals surface area (Å²) in [7, 11) is 2.02. The minimum Gasteiger partial charge on any atom is -0.368 e. The van der Waals surface area contributed by atoms with Crippen molar-refractivity contribution in [2.75, 3.05) is 26.7 Å². The van der Waals surface area contributed by atoms with Gasteiger partial charge < -0.3 is 20.4 Å². The molecule has 37 heavy (non-hydrogen) atoms. The van der Waals surface area contributed by atoms with Gasteiger partial charge in [-0.2, -0.15) is 0 Å². The SMILES string of the molecule is CN1C[C@@H](C(=O)N2C[C@@H](N(C(=O)C(C)(C)C)[C@H]3CC[C@@H](C)CC3)C[C@H]2C(N)=O)[C@H](c2ccc(Cl)cc2)C1. The first kappa shape index (κ1) is 27.9. The Kier molecular flexibility index (Phi) is 8.25. The Bertz CT molecular complexity index is 999. The molecule has 3 aliphatic rings. The summed E-state index contributed by atoms with van der Waals surface area (Å²) in [5.74, 6) is -0.0634. The number of hydrogen-bond acceptors (Lipinski definition) is 4. The van der Waals surface area contributed by atoms with Crippen LogP contribution in [0.2, 0.25) is 5.02 Å². The molecule has 2 N–H and O–H groups in total. The largest absolute Gasteiger partial charge is 0.368 e. The normalized spacial score (nSPS) is 30.9. The van der Waals surface area contributed by atoms with E-state index in [9.17, 15) is 14.4 Å². The van der Waals surface area contributed by atoms with Crippen LogP contribution in [0.25, 0.3) is 0 Å². The predicted molar refractivity (Wildman–Crippen MR) is 146 cm³/mol. The van der Waals surface area contributed by atoms with Crippen LogP contribution < -0.4 is 5.73 Å². The van der Waals surface area contributed by atoms with E-state index >= 15 is 0 Å². The lowest BCUT2D eigenvalue weighted by molar-refractivity contribution is -0.146. The summed E-state index contributed by atoms with van der Waals surface area (Å²) in [4.78, 5) is 46.3. The Morgan fingerprint density at radius 3 is 2.16 bits per heavy atom. The van der Waals surface area contributed by atoms with Crippen molar-refractivity contribution in [3.05, 3.63) is 34.9 Å². The number of carbonyl (C=O) groups excluding carboxylic acids is 3. The molecule has 1 aliphatic carbocycles. The van der Waals surface area contributed by atoms with Gasteiger partial charge >= 0.3 is 0 Å². The molecule has 2 aliphatic heterocycles. The second kappa shape index (κ2) is 10.9. The van der Waals surface area contributed by atoms with Crippen LogP contribution in [-0.2, 0) is 14.4 Å².